The van der Waals surface area contributed by atoms with Gasteiger partial charge in [0.05, 0.1) is 11.2 Å². The topological polar surface area (TPSA) is 18.5 Å². The molecule has 4 aromatic carbocycles. The summed E-state index contributed by atoms with van der Waals surface area (Å²) < 4.78 is 12.6. The van der Waals surface area contributed by atoms with Crippen LogP contribution in [0.25, 0.3) is 57.3 Å². The van der Waals surface area contributed by atoms with E-state index in [1.165, 1.54) is 0 Å². The molecule has 2 nitrogen and oxygen atoms in total. The zero-order valence-electron chi connectivity index (χ0n) is 23.4. The highest BCUT2D eigenvalue weighted by molar-refractivity contribution is 6.62. The third-order valence-corrected chi connectivity index (χ3v) is 8.26. The Balaban J connectivity index is 1.73. The van der Waals surface area contributed by atoms with Crippen molar-refractivity contribution in [2.45, 2.75) is 38.9 Å². The SMILES string of the molecule is C=Cc1cccc(-c2c(C=C)c(C=C)c(-c3ccc(B4OC(C)(C)C(C)(C)O4)cc3)c3ccccc23)c1C=C. The molecule has 0 saturated carbocycles. The minimum atomic E-state index is -0.403. The van der Waals surface area contributed by atoms with Gasteiger partial charge in [0.15, 0.2) is 0 Å². The van der Waals surface area contributed by atoms with Crippen molar-refractivity contribution in [1.82, 2.24) is 0 Å². The molecule has 4 aromatic rings. The van der Waals surface area contributed by atoms with Gasteiger partial charge in [0, 0.05) is 0 Å². The lowest BCUT2D eigenvalue weighted by Gasteiger charge is -2.32. The maximum Gasteiger partial charge on any atom is 0.494 e. The van der Waals surface area contributed by atoms with Crippen molar-refractivity contribution in [3.63, 3.8) is 0 Å². The first-order valence-corrected chi connectivity index (χ1v) is 13.3. The van der Waals surface area contributed by atoms with Gasteiger partial charge in [-0.3, -0.25) is 0 Å². The zero-order chi connectivity index (χ0) is 27.9. The fraction of sp³-hybridized carbons (Fsp3) is 0.167. The smallest absolute Gasteiger partial charge is 0.399 e. The molecule has 0 radical (unpaired) electrons. The highest BCUT2D eigenvalue weighted by atomic mass is 16.7. The number of benzene rings is 4. The van der Waals surface area contributed by atoms with Crippen LogP contribution in [0.15, 0.2) is 93.0 Å². The van der Waals surface area contributed by atoms with E-state index >= 15 is 0 Å². The van der Waals surface area contributed by atoms with Crippen molar-refractivity contribution in [1.29, 1.82) is 0 Å². The summed E-state index contributed by atoms with van der Waals surface area (Å²) in [7, 11) is -0.403. The fourth-order valence-electron chi connectivity index (χ4n) is 5.50. The number of hydrogen-bond donors (Lipinski definition) is 0. The Morgan fingerprint density at radius 2 is 1.13 bits per heavy atom. The first kappa shape index (κ1) is 26.7. The van der Waals surface area contributed by atoms with Gasteiger partial charge in [-0.2, -0.15) is 0 Å². The Morgan fingerprint density at radius 1 is 0.590 bits per heavy atom. The summed E-state index contributed by atoms with van der Waals surface area (Å²) in [5.41, 5.74) is 8.85. The molecule has 0 spiro atoms. The molecule has 0 amide bonds. The maximum absolute atomic E-state index is 6.29. The first-order chi connectivity index (χ1) is 18.7. The number of rotatable bonds is 7. The molecule has 1 saturated heterocycles. The summed E-state index contributed by atoms with van der Waals surface area (Å²) >= 11 is 0. The second-order valence-corrected chi connectivity index (χ2v) is 11.0. The van der Waals surface area contributed by atoms with Gasteiger partial charge in [-0.15, -0.1) is 0 Å². The number of fused-ring (bicyclic) bond motifs is 1. The van der Waals surface area contributed by atoms with Crippen LogP contribution in [0.2, 0.25) is 0 Å². The molecule has 194 valence electrons. The highest BCUT2D eigenvalue weighted by Crippen LogP contribution is 2.44. The predicted molar refractivity (Wildman–Crippen MR) is 171 cm³/mol. The Hall–Kier alpha value is -3.92. The van der Waals surface area contributed by atoms with Crippen LogP contribution in [-0.2, 0) is 9.31 Å². The van der Waals surface area contributed by atoms with Crippen molar-refractivity contribution in [3.05, 3.63) is 115 Å². The van der Waals surface area contributed by atoms with Crippen LogP contribution >= 0.6 is 0 Å². The summed E-state index contributed by atoms with van der Waals surface area (Å²) in [5, 5.41) is 2.29. The molecule has 1 aliphatic rings. The predicted octanol–water partition coefficient (Wildman–Crippen LogP) is 9.05. The molecule has 0 aliphatic carbocycles. The molecule has 0 bridgehead atoms. The van der Waals surface area contributed by atoms with Gasteiger partial charge < -0.3 is 9.31 Å². The minimum Gasteiger partial charge on any atom is -0.399 e. The number of hydrogen-bond acceptors (Lipinski definition) is 2. The quantitative estimate of drug-likeness (QED) is 0.231. The largest absolute Gasteiger partial charge is 0.494 e. The van der Waals surface area contributed by atoms with E-state index in [1.807, 2.05) is 24.3 Å². The fourth-order valence-corrected chi connectivity index (χ4v) is 5.50. The highest BCUT2D eigenvalue weighted by Gasteiger charge is 2.51. The molecule has 0 atom stereocenters. The molecule has 0 N–H and O–H groups in total. The van der Waals surface area contributed by atoms with E-state index in [1.54, 1.807) is 0 Å². The van der Waals surface area contributed by atoms with Crippen LogP contribution in [0.3, 0.4) is 0 Å². The molecule has 0 aromatic heterocycles. The van der Waals surface area contributed by atoms with Crippen molar-refractivity contribution < 1.29 is 9.31 Å². The average Bonchev–Trinajstić information content (AvgIpc) is 3.17. The van der Waals surface area contributed by atoms with Crippen molar-refractivity contribution in [2.24, 2.45) is 0 Å². The molecule has 5 rings (SSSR count). The molecular formula is C36H35BO2. The van der Waals surface area contributed by atoms with E-state index < -0.39 is 7.12 Å². The van der Waals surface area contributed by atoms with Crippen LogP contribution in [0, 0.1) is 0 Å². The van der Waals surface area contributed by atoms with Gasteiger partial charge in [0.1, 0.15) is 0 Å². The van der Waals surface area contributed by atoms with Crippen molar-refractivity contribution in [2.75, 3.05) is 0 Å². The summed E-state index contributed by atoms with van der Waals surface area (Å²) in [6.45, 7) is 24.9. The zero-order valence-corrected chi connectivity index (χ0v) is 23.4. The van der Waals surface area contributed by atoms with E-state index in [4.69, 9.17) is 9.31 Å². The van der Waals surface area contributed by atoms with E-state index in [0.29, 0.717) is 0 Å². The third kappa shape index (κ3) is 4.32. The van der Waals surface area contributed by atoms with Crippen molar-refractivity contribution in [3.8, 4) is 22.3 Å². The normalized spacial score (nSPS) is 15.7. The third-order valence-electron chi connectivity index (χ3n) is 8.26. The van der Waals surface area contributed by atoms with E-state index in [9.17, 15) is 0 Å². The summed E-state index contributed by atoms with van der Waals surface area (Å²) in [6, 6.07) is 23.3. The van der Waals surface area contributed by atoms with Crippen LogP contribution in [0.4, 0.5) is 0 Å². The molecule has 3 heteroatoms. The van der Waals surface area contributed by atoms with Crippen LogP contribution < -0.4 is 5.46 Å². The van der Waals surface area contributed by atoms with Gasteiger partial charge in [-0.25, -0.2) is 0 Å². The monoisotopic (exact) mass is 510 g/mol. The van der Waals surface area contributed by atoms with E-state index in [-0.39, 0.29) is 11.2 Å². The second kappa shape index (κ2) is 10.00. The Morgan fingerprint density at radius 3 is 1.67 bits per heavy atom. The standard InChI is InChI=1S/C36H35BO2/c1-9-24-16-15-19-30(27(24)10-2)34-29(12-4)28(11-3)33(31-17-13-14-18-32(31)34)25-20-22-26(23-21-25)37-38-35(5,6)36(7,8)39-37/h9-23H,1-4H2,5-8H3. The Kier molecular flexibility index (Phi) is 6.84. The Bertz CT molecular complexity index is 1610. The molecule has 0 unspecified atom stereocenters. The van der Waals surface area contributed by atoms with Crippen LogP contribution in [0.1, 0.15) is 49.9 Å². The molecule has 1 aliphatic heterocycles. The van der Waals surface area contributed by atoms with Gasteiger partial charge in [0.25, 0.3) is 0 Å². The lowest BCUT2D eigenvalue weighted by atomic mass is 9.77. The van der Waals surface area contributed by atoms with Crippen LogP contribution in [0.5, 0.6) is 0 Å². The van der Waals surface area contributed by atoms with Gasteiger partial charge in [-0.05, 0) is 88.4 Å². The maximum atomic E-state index is 6.29. The van der Waals surface area contributed by atoms with Crippen LogP contribution in [-0.4, -0.2) is 18.3 Å². The lowest BCUT2D eigenvalue weighted by molar-refractivity contribution is 0.00578. The Labute approximate surface area is 233 Å². The summed E-state index contributed by atoms with van der Waals surface area (Å²) in [4.78, 5) is 0. The van der Waals surface area contributed by atoms with E-state index in [0.717, 1.165) is 60.7 Å². The molecule has 1 fully saturated rings. The second-order valence-electron chi connectivity index (χ2n) is 11.0. The van der Waals surface area contributed by atoms with Gasteiger partial charge in [-0.1, -0.05) is 117 Å². The van der Waals surface area contributed by atoms with E-state index in [2.05, 4.69) is 121 Å². The van der Waals surface area contributed by atoms with Gasteiger partial charge in [0.2, 0.25) is 0 Å². The minimum absolute atomic E-state index is 0.384. The van der Waals surface area contributed by atoms with Gasteiger partial charge >= 0.3 is 7.12 Å². The van der Waals surface area contributed by atoms with Crippen molar-refractivity contribution >= 4 is 47.7 Å². The molecule has 39 heavy (non-hydrogen) atoms. The summed E-state index contributed by atoms with van der Waals surface area (Å²) in [6.07, 6.45) is 7.66. The molecular weight excluding hydrogens is 475 g/mol. The lowest BCUT2D eigenvalue weighted by Crippen LogP contribution is -2.41. The summed E-state index contributed by atoms with van der Waals surface area (Å²) in [5.74, 6) is 0. The average molecular weight is 510 g/mol. The first-order valence-electron chi connectivity index (χ1n) is 13.3. The molecule has 1 heterocycles.